The van der Waals surface area contributed by atoms with Gasteiger partial charge in [0.05, 0.1) is 0 Å². The van der Waals surface area contributed by atoms with Crippen molar-refractivity contribution in [3.05, 3.63) is 18.5 Å². The summed E-state index contributed by atoms with van der Waals surface area (Å²) in [6.07, 6.45) is 5.97. The van der Waals surface area contributed by atoms with Gasteiger partial charge in [0.2, 0.25) is 0 Å². The molecular formula is C7H13N3. The molecule has 1 aromatic rings. The number of rotatable bonds is 4. The molecule has 56 valence electrons. The Morgan fingerprint density at radius 1 is 1.40 bits per heavy atom. The van der Waals surface area contributed by atoms with E-state index >= 15 is 0 Å². The molecule has 0 aliphatic carbocycles. The highest BCUT2D eigenvalue weighted by Gasteiger charge is 1.87. The highest BCUT2D eigenvalue weighted by Crippen LogP contribution is 1.91. The van der Waals surface area contributed by atoms with Gasteiger partial charge in [-0.2, -0.15) is 5.10 Å². The van der Waals surface area contributed by atoms with Crippen LogP contribution in [0.15, 0.2) is 18.5 Å². The molecule has 0 amide bonds. The van der Waals surface area contributed by atoms with Crippen LogP contribution >= 0.6 is 0 Å². The summed E-state index contributed by atoms with van der Waals surface area (Å²) in [5.41, 5.74) is 5.34. The quantitative estimate of drug-likeness (QED) is 0.621. The van der Waals surface area contributed by atoms with Gasteiger partial charge >= 0.3 is 0 Å². The molecule has 3 heteroatoms. The SMILES string of the molecule is NCCCCn1cccn1. The van der Waals surface area contributed by atoms with Crippen LogP contribution in [-0.4, -0.2) is 16.3 Å². The number of hydrogen-bond donors (Lipinski definition) is 1. The fourth-order valence-corrected chi connectivity index (χ4v) is 0.851. The minimum atomic E-state index is 0.779. The Labute approximate surface area is 60.8 Å². The molecule has 0 fully saturated rings. The molecule has 0 spiro atoms. The van der Waals surface area contributed by atoms with Crippen LogP contribution in [0.3, 0.4) is 0 Å². The van der Waals surface area contributed by atoms with Crippen LogP contribution in [0, 0.1) is 0 Å². The fourth-order valence-electron chi connectivity index (χ4n) is 0.851. The highest BCUT2D eigenvalue weighted by molar-refractivity contribution is 4.77. The average molecular weight is 139 g/mol. The van der Waals surface area contributed by atoms with Crippen molar-refractivity contribution in [1.82, 2.24) is 9.78 Å². The lowest BCUT2D eigenvalue weighted by Gasteiger charge is -1.97. The Balaban J connectivity index is 2.15. The fraction of sp³-hybridized carbons (Fsp3) is 0.571. The molecule has 1 aromatic heterocycles. The summed E-state index contributed by atoms with van der Waals surface area (Å²) < 4.78 is 1.93. The Morgan fingerprint density at radius 3 is 2.90 bits per heavy atom. The van der Waals surface area contributed by atoms with Crippen molar-refractivity contribution >= 4 is 0 Å². The third-order valence-electron chi connectivity index (χ3n) is 1.40. The van der Waals surface area contributed by atoms with E-state index < -0.39 is 0 Å². The van der Waals surface area contributed by atoms with E-state index in [1.54, 1.807) is 6.20 Å². The second-order valence-electron chi connectivity index (χ2n) is 2.26. The normalized spacial score (nSPS) is 10.1. The summed E-state index contributed by atoms with van der Waals surface area (Å²) in [7, 11) is 0. The molecule has 0 aromatic carbocycles. The number of aryl methyl sites for hydroxylation is 1. The molecule has 0 saturated heterocycles. The van der Waals surface area contributed by atoms with E-state index in [0.29, 0.717) is 0 Å². The minimum absolute atomic E-state index is 0.779. The van der Waals surface area contributed by atoms with Crippen molar-refractivity contribution in [2.24, 2.45) is 5.73 Å². The topological polar surface area (TPSA) is 43.8 Å². The van der Waals surface area contributed by atoms with Crippen LogP contribution in [0.2, 0.25) is 0 Å². The lowest BCUT2D eigenvalue weighted by molar-refractivity contribution is 0.561. The summed E-state index contributed by atoms with van der Waals surface area (Å²) in [6.45, 7) is 1.77. The number of nitrogens with two attached hydrogens (primary N) is 1. The van der Waals surface area contributed by atoms with Gasteiger partial charge in [-0.15, -0.1) is 0 Å². The first-order chi connectivity index (χ1) is 4.93. The molecule has 0 bridgehead atoms. The first kappa shape index (κ1) is 7.28. The lowest BCUT2D eigenvalue weighted by atomic mass is 10.3. The molecule has 0 saturated carbocycles. The molecule has 3 nitrogen and oxygen atoms in total. The van der Waals surface area contributed by atoms with E-state index in [0.717, 1.165) is 25.9 Å². The van der Waals surface area contributed by atoms with Crippen molar-refractivity contribution in [3.63, 3.8) is 0 Å². The molecule has 0 aliphatic heterocycles. The van der Waals surface area contributed by atoms with Crippen molar-refractivity contribution in [2.75, 3.05) is 6.54 Å². The van der Waals surface area contributed by atoms with Gasteiger partial charge in [0.15, 0.2) is 0 Å². The van der Waals surface area contributed by atoms with Crippen LogP contribution in [0.25, 0.3) is 0 Å². The molecule has 0 atom stereocenters. The van der Waals surface area contributed by atoms with Crippen LogP contribution in [-0.2, 0) is 6.54 Å². The molecule has 0 radical (unpaired) electrons. The molecule has 0 unspecified atom stereocenters. The number of unbranched alkanes of at least 4 members (excludes halogenated alkanes) is 1. The van der Waals surface area contributed by atoms with Gasteiger partial charge in [0, 0.05) is 18.9 Å². The van der Waals surface area contributed by atoms with E-state index in [1.807, 2.05) is 16.9 Å². The van der Waals surface area contributed by atoms with Gasteiger partial charge in [0.1, 0.15) is 0 Å². The van der Waals surface area contributed by atoms with Gasteiger partial charge in [-0.3, -0.25) is 4.68 Å². The van der Waals surface area contributed by atoms with Crippen LogP contribution < -0.4 is 5.73 Å². The second kappa shape index (κ2) is 4.06. The van der Waals surface area contributed by atoms with E-state index in [1.165, 1.54) is 0 Å². The summed E-state index contributed by atoms with van der Waals surface area (Å²) in [4.78, 5) is 0. The maximum Gasteiger partial charge on any atom is 0.0489 e. The average Bonchev–Trinajstić information content (AvgIpc) is 2.41. The zero-order valence-electron chi connectivity index (χ0n) is 6.03. The van der Waals surface area contributed by atoms with Crippen molar-refractivity contribution < 1.29 is 0 Å². The first-order valence-electron chi connectivity index (χ1n) is 3.61. The van der Waals surface area contributed by atoms with Crippen molar-refractivity contribution in [2.45, 2.75) is 19.4 Å². The Morgan fingerprint density at radius 2 is 2.30 bits per heavy atom. The van der Waals surface area contributed by atoms with Gasteiger partial charge < -0.3 is 5.73 Å². The molecule has 0 aliphatic rings. The zero-order chi connectivity index (χ0) is 7.23. The summed E-state index contributed by atoms with van der Waals surface area (Å²) in [5, 5.41) is 4.06. The summed E-state index contributed by atoms with van der Waals surface area (Å²) >= 11 is 0. The zero-order valence-corrected chi connectivity index (χ0v) is 6.03. The Kier molecular flexibility index (Phi) is 2.96. The number of hydrogen-bond acceptors (Lipinski definition) is 2. The first-order valence-corrected chi connectivity index (χ1v) is 3.61. The largest absolute Gasteiger partial charge is 0.330 e. The minimum Gasteiger partial charge on any atom is -0.330 e. The van der Waals surface area contributed by atoms with E-state index in [9.17, 15) is 0 Å². The van der Waals surface area contributed by atoms with Gasteiger partial charge in [-0.05, 0) is 25.5 Å². The van der Waals surface area contributed by atoms with Crippen molar-refractivity contribution in [1.29, 1.82) is 0 Å². The van der Waals surface area contributed by atoms with Gasteiger partial charge in [0.25, 0.3) is 0 Å². The summed E-state index contributed by atoms with van der Waals surface area (Å²) in [6, 6.07) is 1.93. The second-order valence-corrected chi connectivity index (χ2v) is 2.26. The van der Waals surface area contributed by atoms with Crippen LogP contribution in [0.4, 0.5) is 0 Å². The lowest BCUT2D eigenvalue weighted by Crippen LogP contribution is -2.03. The number of nitrogens with zero attached hydrogens (tertiary/aromatic N) is 2. The monoisotopic (exact) mass is 139 g/mol. The number of aromatic nitrogens is 2. The maximum atomic E-state index is 5.34. The molecule has 10 heavy (non-hydrogen) atoms. The third-order valence-corrected chi connectivity index (χ3v) is 1.40. The summed E-state index contributed by atoms with van der Waals surface area (Å²) in [5.74, 6) is 0. The highest BCUT2D eigenvalue weighted by atomic mass is 15.3. The molecule has 1 heterocycles. The van der Waals surface area contributed by atoms with Gasteiger partial charge in [-0.1, -0.05) is 0 Å². The smallest absolute Gasteiger partial charge is 0.0489 e. The van der Waals surface area contributed by atoms with E-state index in [4.69, 9.17) is 5.73 Å². The third kappa shape index (κ3) is 2.19. The predicted molar refractivity (Wildman–Crippen MR) is 40.5 cm³/mol. The van der Waals surface area contributed by atoms with Crippen molar-refractivity contribution in [3.8, 4) is 0 Å². The van der Waals surface area contributed by atoms with E-state index in [-0.39, 0.29) is 0 Å². The molecule has 2 N–H and O–H groups in total. The van der Waals surface area contributed by atoms with Crippen LogP contribution in [0.5, 0.6) is 0 Å². The van der Waals surface area contributed by atoms with Gasteiger partial charge in [-0.25, -0.2) is 0 Å². The van der Waals surface area contributed by atoms with Crippen LogP contribution in [0.1, 0.15) is 12.8 Å². The molecule has 1 rings (SSSR count). The predicted octanol–water partition coefficient (Wildman–Crippen LogP) is 0.622. The standard InChI is InChI=1S/C7H13N3/c8-4-1-2-6-10-7-3-5-9-10/h3,5,7H,1-2,4,6,8H2. The van der Waals surface area contributed by atoms with E-state index in [2.05, 4.69) is 5.10 Å². The Bertz CT molecular complexity index is 157. The maximum absolute atomic E-state index is 5.34. The Hall–Kier alpha value is -0.830. The molecular weight excluding hydrogens is 126 g/mol.